The Morgan fingerprint density at radius 3 is 3.08 bits per heavy atom. The van der Waals surface area contributed by atoms with Gasteiger partial charge >= 0.3 is 6.09 Å². The van der Waals surface area contributed by atoms with Crippen molar-refractivity contribution < 1.29 is 14.3 Å². The first kappa shape index (κ1) is 19.0. The quantitative estimate of drug-likeness (QED) is 0.762. The first-order valence-corrected chi connectivity index (χ1v) is 10.0. The molecule has 1 fully saturated rings. The molecule has 2 atom stereocenters. The number of ether oxygens (including phenoxy) is 2. The highest BCUT2D eigenvalue weighted by Gasteiger charge is 2.22. The van der Waals surface area contributed by atoms with Crippen molar-refractivity contribution in [2.45, 2.75) is 63.9 Å². The Morgan fingerprint density at radius 1 is 1.27 bits per heavy atom. The van der Waals surface area contributed by atoms with Crippen LogP contribution in [0.3, 0.4) is 0 Å². The van der Waals surface area contributed by atoms with Crippen molar-refractivity contribution in [3.63, 3.8) is 0 Å². The van der Waals surface area contributed by atoms with E-state index in [9.17, 15) is 4.79 Å². The van der Waals surface area contributed by atoms with Gasteiger partial charge in [-0.2, -0.15) is 0 Å². The summed E-state index contributed by atoms with van der Waals surface area (Å²) in [4.78, 5) is 11.5. The van der Waals surface area contributed by atoms with E-state index < -0.39 is 0 Å². The number of nitrogens with one attached hydrogen (secondary N) is 1. The van der Waals surface area contributed by atoms with Gasteiger partial charge in [0.25, 0.3) is 0 Å². The third-order valence-corrected chi connectivity index (χ3v) is 5.36. The summed E-state index contributed by atoms with van der Waals surface area (Å²) in [5.41, 5.74) is 4.21. The fraction of sp³-hybridized carbons (Fsp3) is 0.591. The number of fused-ring (bicyclic) bond motifs is 1. The third-order valence-electron chi connectivity index (χ3n) is 5.36. The lowest BCUT2D eigenvalue weighted by molar-refractivity contribution is 0.0641. The Hall–Kier alpha value is -1.81. The van der Waals surface area contributed by atoms with Crippen molar-refractivity contribution >= 4 is 6.09 Å². The van der Waals surface area contributed by atoms with Crippen LogP contribution in [-0.2, 0) is 22.3 Å². The third kappa shape index (κ3) is 5.34. The van der Waals surface area contributed by atoms with Gasteiger partial charge < -0.3 is 14.8 Å². The molecule has 1 amide bonds. The van der Waals surface area contributed by atoms with E-state index >= 15 is 0 Å². The van der Waals surface area contributed by atoms with Gasteiger partial charge in [0.05, 0.1) is 19.3 Å². The van der Waals surface area contributed by atoms with Crippen LogP contribution in [0, 0.1) is 0 Å². The first-order valence-electron chi connectivity index (χ1n) is 10.0. The molecule has 0 radical (unpaired) electrons. The van der Waals surface area contributed by atoms with Gasteiger partial charge in [0.1, 0.15) is 0 Å². The number of unbranched alkanes of at least 4 members (excludes halogenated alkanes) is 1. The highest BCUT2D eigenvalue weighted by molar-refractivity contribution is 5.67. The Bertz CT molecular complexity index is 626. The lowest BCUT2D eigenvalue weighted by Gasteiger charge is -2.27. The van der Waals surface area contributed by atoms with Gasteiger partial charge in [-0.1, -0.05) is 43.7 Å². The summed E-state index contributed by atoms with van der Waals surface area (Å²) in [5.74, 6) is 0.380. The predicted octanol–water partition coefficient (Wildman–Crippen LogP) is 4.52. The monoisotopic (exact) mass is 357 g/mol. The van der Waals surface area contributed by atoms with E-state index in [-0.39, 0.29) is 6.09 Å². The van der Waals surface area contributed by atoms with E-state index in [1.54, 1.807) is 0 Å². The zero-order chi connectivity index (χ0) is 18.2. The van der Waals surface area contributed by atoms with Crippen LogP contribution in [0.15, 0.2) is 30.4 Å². The van der Waals surface area contributed by atoms with Gasteiger partial charge in [-0.3, -0.25) is 0 Å². The molecule has 1 N–H and O–H groups in total. The molecule has 142 valence electrons. The fourth-order valence-electron chi connectivity index (χ4n) is 3.82. The molecule has 0 aromatic heterocycles. The molecular formula is C22H31NO3. The summed E-state index contributed by atoms with van der Waals surface area (Å²) in [6, 6.07) is 6.86. The molecular weight excluding hydrogens is 326 g/mol. The average Bonchev–Trinajstić information content (AvgIpc) is 2.64. The van der Waals surface area contributed by atoms with Crippen molar-refractivity contribution in [1.82, 2.24) is 5.32 Å². The van der Waals surface area contributed by atoms with Crippen molar-refractivity contribution in [2.24, 2.45) is 0 Å². The number of carbonyl (C=O) groups is 1. The Morgan fingerprint density at radius 2 is 2.19 bits per heavy atom. The molecule has 1 heterocycles. The van der Waals surface area contributed by atoms with Gasteiger partial charge in [-0.05, 0) is 55.2 Å². The molecule has 4 heteroatoms. The van der Waals surface area contributed by atoms with Crippen LogP contribution in [0.1, 0.15) is 61.6 Å². The Kier molecular flexibility index (Phi) is 7.13. The second-order valence-corrected chi connectivity index (χ2v) is 7.34. The van der Waals surface area contributed by atoms with Crippen LogP contribution in [0.25, 0.3) is 0 Å². The second-order valence-electron chi connectivity index (χ2n) is 7.34. The smallest absolute Gasteiger partial charge is 0.407 e. The number of alkyl carbamates (subject to hydrolysis) is 1. The summed E-state index contributed by atoms with van der Waals surface area (Å²) in [6.07, 6.45) is 11.9. The normalized spacial score (nSPS) is 23.7. The number of hydrogen-bond acceptors (Lipinski definition) is 3. The minimum Gasteiger partial charge on any atom is -0.450 e. The van der Waals surface area contributed by atoms with Crippen LogP contribution < -0.4 is 5.32 Å². The Labute approximate surface area is 157 Å². The number of carbonyl (C=O) groups excluding carboxylic acids is 1. The number of amides is 1. The maximum Gasteiger partial charge on any atom is 0.407 e. The lowest BCUT2D eigenvalue weighted by Crippen LogP contribution is -2.31. The van der Waals surface area contributed by atoms with Gasteiger partial charge in [0.2, 0.25) is 0 Å². The fourth-order valence-corrected chi connectivity index (χ4v) is 3.82. The highest BCUT2D eigenvalue weighted by atomic mass is 16.5. The van der Waals surface area contributed by atoms with E-state index in [0.29, 0.717) is 25.2 Å². The standard InChI is InChI=1S/C22H31NO3/c1-2-3-4-5-12-25-21-11-10-17-14-18(8-9-19(17)15-21)20-7-6-13-26-22(24)23-16-20/h4-5,8-9,14,20-21H,2-3,6-7,10-13,15-16H2,1H3,(H,23,24)/b5-4-/t20-,21-/m0/s1. The number of hydrogen-bond donors (Lipinski definition) is 1. The highest BCUT2D eigenvalue weighted by Crippen LogP contribution is 2.29. The van der Waals surface area contributed by atoms with E-state index in [2.05, 4.69) is 42.6 Å². The molecule has 4 nitrogen and oxygen atoms in total. The maximum atomic E-state index is 11.5. The summed E-state index contributed by atoms with van der Waals surface area (Å²) in [7, 11) is 0. The van der Waals surface area contributed by atoms with Crippen LogP contribution >= 0.6 is 0 Å². The lowest BCUT2D eigenvalue weighted by atomic mass is 9.85. The van der Waals surface area contributed by atoms with Crippen molar-refractivity contribution in [2.75, 3.05) is 19.8 Å². The van der Waals surface area contributed by atoms with Gasteiger partial charge in [0.15, 0.2) is 0 Å². The topological polar surface area (TPSA) is 47.6 Å². The first-order chi connectivity index (χ1) is 12.8. The average molecular weight is 357 g/mol. The molecule has 0 unspecified atom stereocenters. The van der Waals surface area contributed by atoms with Crippen LogP contribution in [0.2, 0.25) is 0 Å². The molecule has 2 aliphatic rings. The van der Waals surface area contributed by atoms with Crippen LogP contribution in [0.5, 0.6) is 0 Å². The minimum absolute atomic E-state index is 0.291. The molecule has 0 spiro atoms. The number of cyclic esters (lactones) is 1. The van der Waals surface area contributed by atoms with Gasteiger partial charge in [0, 0.05) is 12.5 Å². The summed E-state index contributed by atoms with van der Waals surface area (Å²) >= 11 is 0. The molecule has 1 aromatic carbocycles. The van der Waals surface area contributed by atoms with Gasteiger partial charge in [-0.25, -0.2) is 4.79 Å². The van der Waals surface area contributed by atoms with Gasteiger partial charge in [-0.15, -0.1) is 0 Å². The van der Waals surface area contributed by atoms with E-state index in [1.165, 1.54) is 23.1 Å². The zero-order valence-electron chi connectivity index (χ0n) is 15.8. The molecule has 26 heavy (non-hydrogen) atoms. The predicted molar refractivity (Wildman–Crippen MR) is 104 cm³/mol. The molecule has 1 aliphatic heterocycles. The molecule has 0 saturated carbocycles. The zero-order valence-corrected chi connectivity index (χ0v) is 15.8. The van der Waals surface area contributed by atoms with Crippen molar-refractivity contribution in [3.05, 3.63) is 47.0 Å². The minimum atomic E-state index is -0.291. The summed E-state index contributed by atoms with van der Waals surface area (Å²) in [5, 5.41) is 2.87. The number of aryl methyl sites for hydroxylation is 1. The van der Waals surface area contributed by atoms with Crippen molar-refractivity contribution in [1.29, 1.82) is 0 Å². The molecule has 1 aliphatic carbocycles. The SMILES string of the molecule is CCC/C=C\CO[C@H]1CCc2cc([C@H]3CCCOC(=O)NC3)ccc2C1. The second kappa shape index (κ2) is 9.77. The number of allylic oxidation sites excluding steroid dienone is 1. The largest absolute Gasteiger partial charge is 0.450 e. The number of benzene rings is 1. The molecule has 1 aromatic rings. The molecule has 1 saturated heterocycles. The summed E-state index contributed by atoms with van der Waals surface area (Å²) in [6.45, 7) is 4.09. The van der Waals surface area contributed by atoms with E-state index in [4.69, 9.17) is 9.47 Å². The maximum absolute atomic E-state index is 11.5. The summed E-state index contributed by atoms with van der Waals surface area (Å²) < 4.78 is 11.1. The number of rotatable bonds is 6. The van der Waals surface area contributed by atoms with E-state index in [1.807, 2.05) is 0 Å². The van der Waals surface area contributed by atoms with Crippen LogP contribution in [-0.4, -0.2) is 32.0 Å². The van der Waals surface area contributed by atoms with Crippen LogP contribution in [0.4, 0.5) is 4.79 Å². The molecule has 3 rings (SSSR count). The Balaban J connectivity index is 1.57. The molecule has 0 bridgehead atoms. The van der Waals surface area contributed by atoms with Crippen molar-refractivity contribution in [3.8, 4) is 0 Å². The van der Waals surface area contributed by atoms with E-state index in [0.717, 1.165) is 45.1 Å².